The highest BCUT2D eigenvalue weighted by Crippen LogP contribution is 2.30. The average Bonchev–Trinajstić information content (AvgIpc) is 3.31. The smallest absolute Gasteiger partial charge is 0.253 e. The Morgan fingerprint density at radius 1 is 1.14 bits per heavy atom. The summed E-state index contributed by atoms with van der Waals surface area (Å²) in [6, 6.07) is 14.8. The van der Waals surface area contributed by atoms with Crippen LogP contribution in [0.3, 0.4) is 0 Å². The molecule has 10 nitrogen and oxygen atoms in total. The quantitative estimate of drug-likeness (QED) is 0.371. The summed E-state index contributed by atoms with van der Waals surface area (Å²) in [6.07, 6.45) is 2.38. The lowest BCUT2D eigenvalue weighted by Gasteiger charge is -2.25. The minimum atomic E-state index is -0.409. The Labute approximate surface area is 202 Å². The molecule has 5 rings (SSSR count). The largest absolute Gasteiger partial charge is 0.421 e. The van der Waals surface area contributed by atoms with Crippen LogP contribution in [0, 0.1) is 6.92 Å². The number of rotatable bonds is 7. The number of fused-ring (bicyclic) bond motifs is 1. The number of hydrogen-bond acceptors (Lipinski definition) is 9. The summed E-state index contributed by atoms with van der Waals surface area (Å²) in [7, 11) is 1.81. The standard InChI is InChI=1S/C25H25N7O3/c1-15-30-31-23(35-15)20-13-26-25(29-22(20)28-21(14-33)16-6-4-3-5-7-16)27-18-8-9-19-17(12-18)10-11-32(2)24(19)34/h3-9,12-13,21,33H,10-11,14H2,1-2H3,(H2,26,27,28,29)/t21-/m1/s1. The van der Waals surface area contributed by atoms with E-state index in [9.17, 15) is 9.90 Å². The van der Waals surface area contributed by atoms with Crippen molar-refractivity contribution in [1.29, 1.82) is 0 Å². The van der Waals surface area contributed by atoms with Crippen LogP contribution >= 0.6 is 0 Å². The molecule has 35 heavy (non-hydrogen) atoms. The summed E-state index contributed by atoms with van der Waals surface area (Å²) in [6.45, 7) is 2.24. The summed E-state index contributed by atoms with van der Waals surface area (Å²) >= 11 is 0. The summed E-state index contributed by atoms with van der Waals surface area (Å²) in [5, 5.41) is 24.6. The second-order valence-electron chi connectivity index (χ2n) is 8.35. The molecular weight excluding hydrogens is 446 g/mol. The first-order chi connectivity index (χ1) is 17.0. The van der Waals surface area contributed by atoms with Crippen molar-refractivity contribution in [3.8, 4) is 11.5 Å². The van der Waals surface area contributed by atoms with Crippen molar-refractivity contribution in [2.24, 2.45) is 0 Å². The minimum Gasteiger partial charge on any atom is -0.421 e. The number of anilines is 3. The predicted molar refractivity (Wildman–Crippen MR) is 130 cm³/mol. The number of benzene rings is 2. The SMILES string of the molecule is Cc1nnc(-c2cnc(Nc3ccc4c(c3)CCN(C)C4=O)nc2N[C@H](CO)c2ccccc2)o1. The molecular formula is C25H25N7O3. The molecule has 1 aliphatic heterocycles. The van der Waals surface area contributed by atoms with Gasteiger partial charge in [-0.1, -0.05) is 30.3 Å². The van der Waals surface area contributed by atoms with Gasteiger partial charge < -0.3 is 25.1 Å². The zero-order valence-electron chi connectivity index (χ0n) is 19.4. The fourth-order valence-electron chi connectivity index (χ4n) is 4.01. The van der Waals surface area contributed by atoms with Crippen molar-refractivity contribution >= 4 is 23.4 Å². The van der Waals surface area contributed by atoms with Gasteiger partial charge in [0.25, 0.3) is 11.8 Å². The molecule has 0 saturated heterocycles. The number of nitrogens with one attached hydrogen (secondary N) is 2. The van der Waals surface area contributed by atoms with Gasteiger partial charge in [-0.05, 0) is 35.7 Å². The van der Waals surface area contributed by atoms with E-state index < -0.39 is 6.04 Å². The molecule has 0 saturated carbocycles. The molecule has 0 spiro atoms. The molecule has 0 aliphatic carbocycles. The summed E-state index contributed by atoms with van der Waals surface area (Å²) in [4.78, 5) is 23.2. The van der Waals surface area contributed by atoms with Gasteiger partial charge in [0.15, 0.2) is 0 Å². The number of carbonyl (C=O) groups excluding carboxylic acids is 1. The summed E-state index contributed by atoms with van der Waals surface area (Å²) < 4.78 is 5.61. The van der Waals surface area contributed by atoms with E-state index in [1.807, 2.05) is 48.5 Å². The minimum absolute atomic E-state index is 0.0238. The van der Waals surface area contributed by atoms with Crippen molar-refractivity contribution in [2.45, 2.75) is 19.4 Å². The van der Waals surface area contributed by atoms with Gasteiger partial charge in [0.1, 0.15) is 5.82 Å². The van der Waals surface area contributed by atoms with Crippen LogP contribution in [0.25, 0.3) is 11.5 Å². The van der Waals surface area contributed by atoms with Gasteiger partial charge in [-0.2, -0.15) is 4.98 Å². The number of hydrogen-bond donors (Lipinski definition) is 3. The van der Waals surface area contributed by atoms with Crippen LogP contribution in [0.15, 0.2) is 59.1 Å². The molecule has 2 aromatic heterocycles. The Morgan fingerprint density at radius 2 is 1.97 bits per heavy atom. The maximum absolute atomic E-state index is 12.4. The van der Waals surface area contributed by atoms with Crippen molar-refractivity contribution in [2.75, 3.05) is 30.8 Å². The Morgan fingerprint density at radius 3 is 2.71 bits per heavy atom. The van der Waals surface area contributed by atoms with Gasteiger partial charge in [0, 0.05) is 38.0 Å². The second-order valence-corrected chi connectivity index (χ2v) is 8.35. The predicted octanol–water partition coefficient (Wildman–Crippen LogP) is 3.35. The monoisotopic (exact) mass is 471 g/mol. The molecule has 4 aromatic rings. The normalized spacial score (nSPS) is 13.9. The molecule has 1 aliphatic rings. The zero-order chi connectivity index (χ0) is 24.4. The molecule has 2 aromatic carbocycles. The van der Waals surface area contributed by atoms with E-state index in [0.29, 0.717) is 35.3 Å². The maximum Gasteiger partial charge on any atom is 0.253 e. The third-order valence-corrected chi connectivity index (χ3v) is 5.90. The Balaban J connectivity index is 1.47. The van der Waals surface area contributed by atoms with Gasteiger partial charge in [0.05, 0.1) is 18.2 Å². The molecule has 10 heteroatoms. The lowest BCUT2D eigenvalue weighted by molar-refractivity contribution is 0.0781. The van der Waals surface area contributed by atoms with Crippen LogP contribution in [0.2, 0.25) is 0 Å². The fourth-order valence-corrected chi connectivity index (χ4v) is 4.01. The molecule has 3 heterocycles. The number of carbonyl (C=O) groups is 1. The van der Waals surface area contributed by atoms with Crippen LogP contribution in [0.1, 0.15) is 33.4 Å². The van der Waals surface area contributed by atoms with Crippen LogP contribution < -0.4 is 10.6 Å². The molecule has 0 radical (unpaired) electrons. The lowest BCUT2D eigenvalue weighted by atomic mass is 9.99. The Hall–Kier alpha value is -4.31. The maximum atomic E-state index is 12.4. The van der Waals surface area contributed by atoms with Crippen molar-refractivity contribution in [1.82, 2.24) is 25.1 Å². The van der Waals surface area contributed by atoms with Crippen LogP contribution in [0.5, 0.6) is 0 Å². The fraction of sp³-hybridized carbons (Fsp3) is 0.240. The highest BCUT2D eigenvalue weighted by atomic mass is 16.4. The Kier molecular flexibility index (Phi) is 6.11. The highest BCUT2D eigenvalue weighted by Gasteiger charge is 2.22. The van der Waals surface area contributed by atoms with Gasteiger partial charge in [-0.25, -0.2) is 4.98 Å². The first-order valence-electron chi connectivity index (χ1n) is 11.3. The van der Waals surface area contributed by atoms with Crippen LogP contribution in [-0.4, -0.2) is 56.3 Å². The van der Waals surface area contributed by atoms with E-state index >= 15 is 0 Å². The molecule has 0 unspecified atom stereocenters. The topological polar surface area (TPSA) is 129 Å². The van der Waals surface area contributed by atoms with Gasteiger partial charge in [0.2, 0.25) is 11.8 Å². The van der Waals surface area contributed by atoms with Gasteiger partial charge in [-0.3, -0.25) is 4.79 Å². The number of aromatic nitrogens is 4. The number of aliphatic hydroxyl groups excluding tert-OH is 1. The van der Waals surface area contributed by atoms with Crippen LogP contribution in [0.4, 0.5) is 17.5 Å². The molecule has 3 N–H and O–H groups in total. The van der Waals surface area contributed by atoms with E-state index in [2.05, 4.69) is 30.8 Å². The number of aryl methyl sites for hydroxylation is 1. The molecule has 0 fully saturated rings. The Bertz CT molecular complexity index is 1360. The summed E-state index contributed by atoms with van der Waals surface area (Å²) in [5.41, 5.74) is 3.89. The van der Waals surface area contributed by atoms with Crippen molar-refractivity contribution in [3.63, 3.8) is 0 Å². The zero-order valence-corrected chi connectivity index (χ0v) is 19.4. The van der Waals surface area contributed by atoms with Crippen molar-refractivity contribution in [3.05, 3.63) is 77.3 Å². The average molecular weight is 472 g/mol. The summed E-state index contributed by atoms with van der Waals surface area (Å²) in [5.74, 6) is 1.50. The first-order valence-corrected chi connectivity index (χ1v) is 11.3. The number of amides is 1. The molecule has 1 amide bonds. The molecule has 0 bridgehead atoms. The van der Waals surface area contributed by atoms with E-state index in [0.717, 1.165) is 23.2 Å². The second kappa shape index (κ2) is 9.51. The number of likely N-dealkylation sites (N-methyl/N-ethyl adjacent to an activating group) is 1. The lowest BCUT2D eigenvalue weighted by Crippen LogP contribution is -2.34. The van der Waals surface area contributed by atoms with E-state index in [-0.39, 0.29) is 18.4 Å². The number of nitrogens with zero attached hydrogens (tertiary/aromatic N) is 5. The molecule has 1 atom stereocenters. The van der Waals surface area contributed by atoms with E-state index in [1.54, 1.807) is 25.1 Å². The molecule has 178 valence electrons. The van der Waals surface area contributed by atoms with Gasteiger partial charge >= 0.3 is 0 Å². The van der Waals surface area contributed by atoms with Crippen LogP contribution in [-0.2, 0) is 6.42 Å². The van der Waals surface area contributed by atoms with E-state index in [4.69, 9.17) is 4.42 Å². The third kappa shape index (κ3) is 4.69. The van der Waals surface area contributed by atoms with Gasteiger partial charge in [-0.15, -0.1) is 10.2 Å². The highest BCUT2D eigenvalue weighted by molar-refractivity contribution is 5.97. The number of aliphatic hydroxyl groups is 1. The first kappa shape index (κ1) is 22.5. The van der Waals surface area contributed by atoms with Crippen molar-refractivity contribution < 1.29 is 14.3 Å². The third-order valence-electron chi connectivity index (χ3n) is 5.90. The van der Waals surface area contributed by atoms with E-state index in [1.165, 1.54) is 0 Å².